The first kappa shape index (κ1) is 24.8. The lowest BCUT2D eigenvalue weighted by Crippen LogP contribution is -2.78. The van der Waals surface area contributed by atoms with E-state index in [1.54, 1.807) is 6.07 Å². The van der Waals surface area contributed by atoms with Crippen LogP contribution in [0.15, 0.2) is 12.1 Å². The molecule has 2 bridgehead atoms. The number of esters is 1. The molecule has 2 N–H and O–H groups in total. The summed E-state index contributed by atoms with van der Waals surface area (Å²) in [7, 11) is 4.04. The number of nitrogens with one attached hydrogen (secondary N) is 1. The van der Waals surface area contributed by atoms with Crippen LogP contribution in [-0.2, 0) is 26.1 Å². The molecule has 7 atom stereocenters. The Hall–Kier alpha value is -1.83. The quantitative estimate of drug-likeness (QED) is 0.596. The Morgan fingerprint density at radius 3 is 2.74 bits per heavy atom. The number of likely N-dealkylation sites (N-methyl/N-ethyl adjacent to an activating group) is 1. The Kier molecular flexibility index (Phi) is 5.93. The lowest BCUT2D eigenvalue weighted by molar-refractivity contribution is -0.204. The van der Waals surface area contributed by atoms with Crippen molar-refractivity contribution in [1.82, 2.24) is 10.2 Å². The first-order chi connectivity index (χ1) is 16.5. The number of carbonyl (C=O) groups is 1. The van der Waals surface area contributed by atoms with Gasteiger partial charge in [-0.15, -0.1) is 0 Å². The number of phenols is 1. The third-order valence-electron chi connectivity index (χ3n) is 9.32. The van der Waals surface area contributed by atoms with Crippen molar-refractivity contribution in [3.8, 4) is 11.5 Å². The molecule has 5 rings (SSSR count). The Bertz CT molecular complexity index is 1010. The highest BCUT2D eigenvalue weighted by atomic mass is 16.6. The maximum absolute atomic E-state index is 13.3. The van der Waals surface area contributed by atoms with Crippen LogP contribution in [0.2, 0.25) is 0 Å². The van der Waals surface area contributed by atoms with Crippen molar-refractivity contribution in [2.24, 2.45) is 5.92 Å². The predicted octanol–water partition coefficient (Wildman–Crippen LogP) is 3.54. The number of phenolic OH excluding ortho intramolecular Hbond substituents is 1. The molecule has 4 aliphatic rings. The third-order valence-corrected chi connectivity index (χ3v) is 9.32. The first-order valence-electron chi connectivity index (χ1n) is 13.3. The summed E-state index contributed by atoms with van der Waals surface area (Å²) in [5, 5.41) is 14.6. The van der Waals surface area contributed by atoms with Gasteiger partial charge in [0, 0.05) is 24.8 Å². The van der Waals surface area contributed by atoms with Gasteiger partial charge in [-0.3, -0.25) is 10.1 Å². The van der Waals surface area contributed by atoms with Crippen molar-refractivity contribution in [2.75, 3.05) is 20.7 Å². The topological polar surface area (TPSA) is 80.3 Å². The zero-order chi connectivity index (χ0) is 25.3. The largest absolute Gasteiger partial charge is 0.504 e. The van der Waals surface area contributed by atoms with Gasteiger partial charge in [0.1, 0.15) is 17.7 Å². The molecule has 7 nitrogen and oxygen atoms in total. The molecule has 35 heavy (non-hydrogen) atoms. The van der Waals surface area contributed by atoms with Crippen molar-refractivity contribution in [2.45, 2.75) is 108 Å². The highest BCUT2D eigenvalue weighted by molar-refractivity contribution is 5.76. The number of rotatable bonds is 6. The molecule has 1 aromatic rings. The molecule has 1 saturated carbocycles. The second kappa shape index (κ2) is 8.35. The second-order valence-corrected chi connectivity index (χ2v) is 12.2. The lowest BCUT2D eigenvalue weighted by Gasteiger charge is -2.65. The monoisotopic (exact) mass is 486 g/mol. The summed E-state index contributed by atoms with van der Waals surface area (Å²) in [5.74, 6) is 0.708. The molecule has 2 aliphatic carbocycles. The van der Waals surface area contributed by atoms with Crippen molar-refractivity contribution >= 4 is 5.97 Å². The van der Waals surface area contributed by atoms with Crippen LogP contribution < -0.4 is 10.1 Å². The molecule has 1 saturated heterocycles. The minimum absolute atomic E-state index is 0.0633. The van der Waals surface area contributed by atoms with Gasteiger partial charge in [-0.2, -0.15) is 0 Å². The number of likely N-dealkylation sites (tertiary alicyclic amines) is 1. The molecular weight excluding hydrogens is 444 g/mol. The van der Waals surface area contributed by atoms with Crippen LogP contribution in [-0.4, -0.2) is 72.1 Å². The fourth-order valence-corrected chi connectivity index (χ4v) is 7.61. The second-order valence-electron chi connectivity index (χ2n) is 12.2. The highest BCUT2D eigenvalue weighted by Crippen LogP contribution is 2.66. The smallest absolute Gasteiger partial charge is 0.323 e. The number of piperidine rings is 1. The molecule has 2 aliphatic heterocycles. The Labute approximate surface area is 209 Å². The zero-order valence-electron chi connectivity index (χ0n) is 22.3. The summed E-state index contributed by atoms with van der Waals surface area (Å²) in [4.78, 5) is 15.7. The van der Waals surface area contributed by atoms with Crippen LogP contribution in [0.5, 0.6) is 11.5 Å². The van der Waals surface area contributed by atoms with E-state index in [0.29, 0.717) is 5.75 Å². The van der Waals surface area contributed by atoms with E-state index >= 15 is 0 Å². The van der Waals surface area contributed by atoms with Crippen LogP contribution in [0, 0.1) is 5.92 Å². The average molecular weight is 487 g/mol. The zero-order valence-corrected chi connectivity index (χ0v) is 22.3. The molecule has 0 radical (unpaired) electrons. The van der Waals surface area contributed by atoms with Gasteiger partial charge in [0.25, 0.3) is 0 Å². The van der Waals surface area contributed by atoms with E-state index in [4.69, 9.17) is 14.2 Å². The molecule has 1 aromatic carbocycles. The molecule has 2 unspecified atom stereocenters. The SMILES string of the molecule is CC[C@H](C)[C@H](N[C@H]1CC[C@@]2(OC)C3Cc4ccc(O)c5c4C2(CCN3C)[C@H]1O5)C(=O)OC(C)(C)C. The minimum Gasteiger partial charge on any atom is -0.504 e. The van der Waals surface area contributed by atoms with Crippen LogP contribution in [0.25, 0.3) is 0 Å². The molecule has 0 aromatic heterocycles. The van der Waals surface area contributed by atoms with Gasteiger partial charge in [-0.05, 0) is 77.6 Å². The van der Waals surface area contributed by atoms with E-state index in [1.807, 2.05) is 27.9 Å². The summed E-state index contributed by atoms with van der Waals surface area (Å²) >= 11 is 0. The van der Waals surface area contributed by atoms with E-state index in [0.717, 1.165) is 44.2 Å². The van der Waals surface area contributed by atoms with Crippen LogP contribution in [0.3, 0.4) is 0 Å². The molecular formula is C28H42N2O5. The van der Waals surface area contributed by atoms with E-state index < -0.39 is 17.2 Å². The molecule has 194 valence electrons. The fourth-order valence-electron chi connectivity index (χ4n) is 7.61. The Morgan fingerprint density at radius 2 is 2.09 bits per heavy atom. The van der Waals surface area contributed by atoms with Gasteiger partial charge in [0.15, 0.2) is 11.5 Å². The number of aromatic hydroxyl groups is 1. The normalized spacial score (nSPS) is 35.1. The molecule has 0 amide bonds. The van der Waals surface area contributed by atoms with Crippen molar-refractivity contribution < 1.29 is 24.1 Å². The number of carbonyl (C=O) groups excluding carboxylic acids is 1. The van der Waals surface area contributed by atoms with E-state index in [2.05, 4.69) is 37.2 Å². The van der Waals surface area contributed by atoms with E-state index in [1.165, 1.54) is 5.56 Å². The maximum atomic E-state index is 13.3. The standard InChI is InChI=1S/C28H42N2O5/c1-8-16(2)22(25(32)35-26(3,4)5)29-18-11-12-28(33-7)20-15-17-9-10-19(31)23-21(17)27(28,24(18)34-23)13-14-30(20)6/h9-10,16,18,20,22,24,29,31H,8,11-15H2,1-7H3/t16-,18-,20?,22-,24-,27?,28+/m0/s1. The van der Waals surface area contributed by atoms with E-state index in [-0.39, 0.29) is 41.2 Å². The number of benzene rings is 1. The van der Waals surface area contributed by atoms with Gasteiger partial charge in [0.05, 0.1) is 11.0 Å². The summed E-state index contributed by atoms with van der Waals surface area (Å²) in [6.07, 6.45) is 4.09. The van der Waals surface area contributed by atoms with Crippen LogP contribution in [0.1, 0.15) is 71.4 Å². The molecule has 1 spiro atoms. The molecule has 2 fully saturated rings. The highest BCUT2D eigenvalue weighted by Gasteiger charge is 2.73. The van der Waals surface area contributed by atoms with Crippen molar-refractivity contribution in [3.05, 3.63) is 23.3 Å². The summed E-state index contributed by atoms with van der Waals surface area (Å²) in [6, 6.07) is 3.58. The fraction of sp³-hybridized carbons (Fsp3) is 0.750. The van der Waals surface area contributed by atoms with Gasteiger partial charge < -0.3 is 24.2 Å². The number of ether oxygens (including phenoxy) is 3. The summed E-state index contributed by atoms with van der Waals surface area (Å²) < 4.78 is 19.1. The number of methoxy groups -OCH3 is 1. The lowest BCUT2D eigenvalue weighted by atomic mass is 9.48. The molecule has 7 heteroatoms. The first-order valence-corrected chi connectivity index (χ1v) is 13.3. The predicted molar refractivity (Wildman–Crippen MR) is 134 cm³/mol. The number of hydrogen-bond acceptors (Lipinski definition) is 7. The van der Waals surface area contributed by atoms with Crippen molar-refractivity contribution in [3.63, 3.8) is 0 Å². The third kappa shape index (κ3) is 3.45. The van der Waals surface area contributed by atoms with Crippen molar-refractivity contribution in [1.29, 1.82) is 0 Å². The van der Waals surface area contributed by atoms with Gasteiger partial charge in [0.2, 0.25) is 0 Å². The van der Waals surface area contributed by atoms with Gasteiger partial charge >= 0.3 is 5.97 Å². The number of nitrogens with zero attached hydrogens (tertiary/aromatic N) is 1. The Balaban J connectivity index is 1.57. The molecule has 2 heterocycles. The van der Waals surface area contributed by atoms with Gasteiger partial charge in [-0.1, -0.05) is 26.3 Å². The number of hydrogen-bond donors (Lipinski definition) is 2. The Morgan fingerprint density at radius 1 is 1.34 bits per heavy atom. The maximum Gasteiger partial charge on any atom is 0.323 e. The van der Waals surface area contributed by atoms with Crippen LogP contribution in [0.4, 0.5) is 0 Å². The summed E-state index contributed by atoms with van der Waals surface area (Å²) in [5.41, 5.74) is 1.07. The average Bonchev–Trinajstić information content (AvgIpc) is 3.16. The summed E-state index contributed by atoms with van der Waals surface area (Å²) in [6.45, 7) is 10.9. The van der Waals surface area contributed by atoms with Crippen LogP contribution >= 0.6 is 0 Å². The van der Waals surface area contributed by atoms with Gasteiger partial charge in [-0.25, -0.2) is 0 Å². The van der Waals surface area contributed by atoms with E-state index in [9.17, 15) is 9.90 Å². The minimum atomic E-state index is -0.549.